The van der Waals surface area contributed by atoms with Crippen LogP contribution in [0.4, 0.5) is 5.69 Å². The fourth-order valence-corrected chi connectivity index (χ4v) is 5.12. The highest BCUT2D eigenvalue weighted by Crippen LogP contribution is 2.29. The van der Waals surface area contributed by atoms with Crippen LogP contribution in [0.15, 0.2) is 41.3 Å². The highest BCUT2D eigenvalue weighted by atomic mass is 32.2. The number of ether oxygens (including phenoxy) is 2. The Morgan fingerprint density at radius 1 is 1.07 bits per heavy atom. The van der Waals surface area contributed by atoms with E-state index < -0.39 is 15.9 Å². The molecule has 0 radical (unpaired) electrons. The van der Waals surface area contributed by atoms with Crippen molar-refractivity contribution in [2.45, 2.75) is 38.0 Å². The third-order valence-electron chi connectivity index (χ3n) is 5.23. The van der Waals surface area contributed by atoms with Crippen LogP contribution < -0.4 is 14.8 Å². The molecule has 0 heterocycles. The van der Waals surface area contributed by atoms with Crippen molar-refractivity contribution in [2.24, 2.45) is 0 Å². The number of methoxy groups -OCH3 is 1. The summed E-state index contributed by atoms with van der Waals surface area (Å²) in [6.45, 7) is 4.10. The molecule has 1 amide bonds. The number of nitrogens with one attached hydrogen (secondary N) is 1. The predicted molar refractivity (Wildman–Crippen MR) is 116 cm³/mol. The van der Waals surface area contributed by atoms with Crippen molar-refractivity contribution in [1.29, 1.82) is 0 Å². The van der Waals surface area contributed by atoms with Gasteiger partial charge >= 0.3 is 0 Å². The second kappa shape index (κ2) is 9.49. The summed E-state index contributed by atoms with van der Waals surface area (Å²) in [5, 5.41) is 2.70. The van der Waals surface area contributed by atoms with Crippen LogP contribution in [0.25, 0.3) is 0 Å². The third kappa shape index (κ3) is 4.76. The van der Waals surface area contributed by atoms with Gasteiger partial charge in [-0.15, -0.1) is 0 Å². The van der Waals surface area contributed by atoms with Crippen LogP contribution in [0.5, 0.6) is 11.5 Å². The Balaban J connectivity index is 1.72. The van der Waals surface area contributed by atoms with E-state index in [4.69, 9.17) is 9.47 Å². The Bertz CT molecular complexity index is 1020. The molecule has 0 fully saturated rings. The normalized spacial score (nSPS) is 13.2. The molecular formula is C22H28N2O5S. The van der Waals surface area contributed by atoms with E-state index in [9.17, 15) is 13.2 Å². The molecule has 8 heteroatoms. The summed E-state index contributed by atoms with van der Waals surface area (Å²) in [6.07, 6.45) is 3.26. The largest absolute Gasteiger partial charge is 0.495 e. The monoisotopic (exact) mass is 432 g/mol. The molecule has 0 unspecified atom stereocenters. The van der Waals surface area contributed by atoms with Gasteiger partial charge in [0.15, 0.2) is 6.61 Å². The lowest BCUT2D eigenvalue weighted by atomic mass is 10.1. The number of sulfonamides is 1. The maximum Gasteiger partial charge on any atom is 0.262 e. The molecule has 2 aromatic rings. The number of aryl methyl sites for hydroxylation is 2. The first-order chi connectivity index (χ1) is 14.4. The summed E-state index contributed by atoms with van der Waals surface area (Å²) < 4.78 is 37.8. The van der Waals surface area contributed by atoms with Gasteiger partial charge in [0.2, 0.25) is 10.0 Å². The van der Waals surface area contributed by atoms with Crippen molar-refractivity contribution in [2.75, 3.05) is 32.1 Å². The van der Waals surface area contributed by atoms with Gasteiger partial charge < -0.3 is 14.8 Å². The van der Waals surface area contributed by atoms with Gasteiger partial charge in [-0.3, -0.25) is 4.79 Å². The molecule has 1 N–H and O–H groups in total. The van der Waals surface area contributed by atoms with E-state index in [2.05, 4.69) is 5.32 Å². The van der Waals surface area contributed by atoms with Crippen LogP contribution in [0.1, 0.15) is 31.4 Å². The average molecular weight is 433 g/mol. The summed E-state index contributed by atoms with van der Waals surface area (Å²) in [7, 11) is -2.19. The number of fused-ring (bicyclic) bond motifs is 1. The zero-order valence-corrected chi connectivity index (χ0v) is 18.4. The summed E-state index contributed by atoms with van der Waals surface area (Å²) in [6, 6.07) is 10.3. The number of benzene rings is 2. The number of hydrogen-bond acceptors (Lipinski definition) is 5. The van der Waals surface area contributed by atoms with Crippen LogP contribution in [0.2, 0.25) is 0 Å². The van der Waals surface area contributed by atoms with Gasteiger partial charge in [-0.2, -0.15) is 4.31 Å². The smallest absolute Gasteiger partial charge is 0.262 e. The average Bonchev–Trinajstić information content (AvgIpc) is 3.20. The van der Waals surface area contributed by atoms with E-state index in [1.165, 1.54) is 40.7 Å². The number of rotatable bonds is 9. The van der Waals surface area contributed by atoms with Gasteiger partial charge in [0, 0.05) is 13.1 Å². The Morgan fingerprint density at radius 2 is 1.80 bits per heavy atom. The van der Waals surface area contributed by atoms with Gasteiger partial charge in [0.25, 0.3) is 5.91 Å². The minimum absolute atomic E-state index is 0.0989. The molecule has 2 aromatic carbocycles. The summed E-state index contributed by atoms with van der Waals surface area (Å²) in [4.78, 5) is 12.5. The van der Waals surface area contributed by atoms with Gasteiger partial charge in [-0.05, 0) is 60.7 Å². The lowest BCUT2D eigenvalue weighted by molar-refractivity contribution is -0.118. The van der Waals surface area contributed by atoms with E-state index in [1.54, 1.807) is 13.8 Å². The van der Waals surface area contributed by atoms with Crippen molar-refractivity contribution < 1.29 is 22.7 Å². The SMILES string of the molecule is CCN(CC)S(=O)(=O)c1ccc(OC)c(NC(=O)COc2ccc3c(c2)CCC3)c1. The Morgan fingerprint density at radius 3 is 2.50 bits per heavy atom. The quantitative estimate of drug-likeness (QED) is 0.658. The van der Waals surface area contributed by atoms with Crippen LogP contribution in [0.3, 0.4) is 0 Å². The topological polar surface area (TPSA) is 84.9 Å². The Kier molecular flexibility index (Phi) is 6.99. The van der Waals surface area contributed by atoms with Gasteiger partial charge in [-0.25, -0.2) is 8.42 Å². The zero-order chi connectivity index (χ0) is 21.7. The predicted octanol–water partition coefficient (Wildman–Crippen LogP) is 3.23. The summed E-state index contributed by atoms with van der Waals surface area (Å²) in [5.74, 6) is 0.626. The second-order valence-electron chi connectivity index (χ2n) is 7.07. The van der Waals surface area contributed by atoms with Crippen molar-refractivity contribution in [3.63, 3.8) is 0 Å². The summed E-state index contributed by atoms with van der Waals surface area (Å²) >= 11 is 0. The molecule has 0 aromatic heterocycles. The molecule has 1 aliphatic carbocycles. The molecule has 0 bridgehead atoms. The van der Waals surface area contributed by atoms with Crippen molar-refractivity contribution >= 4 is 21.6 Å². The molecule has 7 nitrogen and oxygen atoms in total. The number of nitrogens with zero attached hydrogens (tertiary/aromatic N) is 1. The van der Waals surface area contributed by atoms with Crippen LogP contribution in [0, 0.1) is 0 Å². The van der Waals surface area contributed by atoms with E-state index in [-0.39, 0.29) is 17.2 Å². The molecule has 30 heavy (non-hydrogen) atoms. The third-order valence-corrected chi connectivity index (χ3v) is 7.27. The maximum atomic E-state index is 12.8. The van der Waals surface area contributed by atoms with Crippen LogP contribution in [-0.2, 0) is 27.7 Å². The maximum absolute atomic E-state index is 12.8. The summed E-state index contributed by atoms with van der Waals surface area (Å²) in [5.41, 5.74) is 2.89. The Labute approximate surface area is 178 Å². The van der Waals surface area contributed by atoms with Crippen molar-refractivity contribution in [3.8, 4) is 11.5 Å². The van der Waals surface area contributed by atoms with Gasteiger partial charge in [0.1, 0.15) is 11.5 Å². The number of hydrogen-bond donors (Lipinski definition) is 1. The molecule has 0 saturated heterocycles. The van der Waals surface area contributed by atoms with Crippen LogP contribution in [-0.4, -0.2) is 45.4 Å². The first-order valence-corrected chi connectivity index (χ1v) is 11.6. The lowest BCUT2D eigenvalue weighted by Gasteiger charge is -2.19. The molecule has 3 rings (SSSR count). The zero-order valence-electron chi connectivity index (χ0n) is 17.6. The van der Waals surface area contributed by atoms with E-state index in [1.807, 2.05) is 18.2 Å². The standard InChI is InChI=1S/C22H28N2O5S/c1-4-24(5-2)30(26,27)19-11-12-21(28-3)20(14-19)23-22(25)15-29-18-10-9-16-7-6-8-17(16)13-18/h9-14H,4-8,15H2,1-3H3,(H,23,25). The number of anilines is 1. The molecule has 1 aliphatic rings. The first kappa shape index (κ1) is 22.1. The fraction of sp³-hybridized carbons (Fsp3) is 0.409. The fourth-order valence-electron chi connectivity index (χ4n) is 3.63. The molecule has 0 spiro atoms. The van der Waals surface area contributed by atoms with Gasteiger partial charge in [0.05, 0.1) is 17.7 Å². The Hall–Kier alpha value is -2.58. The minimum atomic E-state index is -3.65. The minimum Gasteiger partial charge on any atom is -0.495 e. The van der Waals surface area contributed by atoms with E-state index in [0.717, 1.165) is 19.3 Å². The number of carbonyl (C=O) groups excluding carboxylic acids is 1. The van der Waals surface area contributed by atoms with Gasteiger partial charge in [-0.1, -0.05) is 19.9 Å². The number of carbonyl (C=O) groups is 1. The van der Waals surface area contributed by atoms with Crippen molar-refractivity contribution in [3.05, 3.63) is 47.5 Å². The highest BCUT2D eigenvalue weighted by molar-refractivity contribution is 7.89. The molecule has 0 atom stereocenters. The highest BCUT2D eigenvalue weighted by Gasteiger charge is 2.23. The van der Waals surface area contributed by atoms with E-state index >= 15 is 0 Å². The van der Waals surface area contributed by atoms with E-state index in [0.29, 0.717) is 24.6 Å². The first-order valence-electron chi connectivity index (χ1n) is 10.1. The molecule has 0 aliphatic heterocycles. The molecular weight excluding hydrogens is 404 g/mol. The van der Waals surface area contributed by atoms with Crippen molar-refractivity contribution in [1.82, 2.24) is 4.31 Å². The lowest BCUT2D eigenvalue weighted by Crippen LogP contribution is -2.30. The number of amides is 1. The second-order valence-corrected chi connectivity index (χ2v) is 9.01. The molecule has 0 saturated carbocycles. The molecule has 162 valence electrons. The van der Waals surface area contributed by atoms with Crippen LogP contribution >= 0.6 is 0 Å².